The summed E-state index contributed by atoms with van der Waals surface area (Å²) in [5, 5.41) is 10.0. The number of sulfone groups is 1. The fourth-order valence-electron chi connectivity index (χ4n) is 6.34. The molecule has 5 N–H and O–H groups in total. The van der Waals surface area contributed by atoms with Crippen LogP contribution in [-0.2, 0) is 14.6 Å². The third-order valence-electron chi connectivity index (χ3n) is 8.75. The van der Waals surface area contributed by atoms with Gasteiger partial charge in [0.05, 0.1) is 17.4 Å². The second-order valence-corrected chi connectivity index (χ2v) is 14.4. The van der Waals surface area contributed by atoms with Gasteiger partial charge in [0.15, 0.2) is 21.3 Å². The lowest BCUT2D eigenvalue weighted by Crippen LogP contribution is -2.20. The summed E-state index contributed by atoms with van der Waals surface area (Å²) in [4.78, 5) is 29.6. The molecule has 0 aliphatic heterocycles. The van der Waals surface area contributed by atoms with Crippen LogP contribution in [0.15, 0.2) is 67.1 Å². The van der Waals surface area contributed by atoms with Gasteiger partial charge in [-0.25, -0.2) is 22.8 Å². The van der Waals surface area contributed by atoms with E-state index in [-0.39, 0.29) is 11.5 Å². The first-order valence-electron chi connectivity index (χ1n) is 15.5. The number of nitrogens with one attached hydrogen (secondary N) is 3. The highest BCUT2D eigenvalue weighted by Crippen LogP contribution is 2.34. The molecule has 13 heteroatoms. The lowest BCUT2D eigenvalue weighted by Gasteiger charge is -2.20. The molecule has 47 heavy (non-hydrogen) atoms. The number of anilines is 1. The van der Waals surface area contributed by atoms with Crippen LogP contribution in [0.5, 0.6) is 0 Å². The lowest BCUT2D eigenvalue weighted by molar-refractivity contribution is -0.117. The molecule has 0 spiro atoms. The normalized spacial score (nSPS) is 14.9. The molecule has 11 nitrogen and oxygen atoms in total. The molecule has 2 aromatic carbocycles. The van der Waals surface area contributed by atoms with Crippen LogP contribution < -0.4 is 11.1 Å². The minimum Gasteiger partial charge on any atom is -0.325 e. The Morgan fingerprint density at radius 2 is 1.87 bits per heavy atom. The van der Waals surface area contributed by atoms with E-state index in [0.29, 0.717) is 51.8 Å². The quantitative estimate of drug-likeness (QED) is 0.149. The summed E-state index contributed by atoms with van der Waals surface area (Å²) in [5.41, 5.74) is 11.6. The van der Waals surface area contributed by atoms with E-state index in [4.69, 9.17) is 10.7 Å². The van der Waals surface area contributed by atoms with Crippen LogP contribution in [0.2, 0.25) is 0 Å². The summed E-state index contributed by atoms with van der Waals surface area (Å²) in [7, 11) is -3.65. The van der Waals surface area contributed by atoms with Gasteiger partial charge in [0.25, 0.3) is 0 Å². The number of carbonyl (C=O) groups is 1. The second-order valence-electron chi connectivity index (χ2n) is 12.2. The molecule has 1 aliphatic carbocycles. The average molecular weight is 653 g/mol. The number of pyridine rings is 2. The van der Waals surface area contributed by atoms with Crippen molar-refractivity contribution >= 4 is 43.5 Å². The minimum atomic E-state index is -3.65. The molecule has 1 unspecified atom stereocenters. The minimum absolute atomic E-state index is 0.00833. The number of H-pyrrole nitrogens is 2. The molecule has 1 aliphatic rings. The fraction of sp³-hybridized carbons (Fsp3) is 0.265. The number of amides is 1. The van der Waals surface area contributed by atoms with Gasteiger partial charge < -0.3 is 16.0 Å². The number of benzene rings is 2. The monoisotopic (exact) mass is 652 g/mol. The lowest BCUT2D eigenvalue weighted by atomic mass is 9.87. The molecule has 1 saturated carbocycles. The Balaban J connectivity index is 1.20. The van der Waals surface area contributed by atoms with Gasteiger partial charge in [0.2, 0.25) is 5.91 Å². The SMILES string of the molecule is CS(=O)(=O)C(N)c1cc(F)cc(-c2ccnc3[nH]c(-c4n[nH]c5ccc(-c6cncc(NC(=O)CC7CCCCC7)c6)cc45)nc23)c1. The van der Waals surface area contributed by atoms with Gasteiger partial charge in [0, 0.05) is 41.6 Å². The first-order chi connectivity index (χ1) is 22.6. The number of hydrogen-bond donors (Lipinski definition) is 4. The number of hydrogen-bond acceptors (Lipinski definition) is 8. The van der Waals surface area contributed by atoms with Gasteiger partial charge in [-0.1, -0.05) is 25.3 Å². The summed E-state index contributed by atoms with van der Waals surface area (Å²) < 4.78 is 38.9. The van der Waals surface area contributed by atoms with E-state index in [0.717, 1.165) is 47.2 Å². The smallest absolute Gasteiger partial charge is 0.224 e. The number of halogens is 1. The van der Waals surface area contributed by atoms with Crippen LogP contribution in [0.3, 0.4) is 0 Å². The largest absolute Gasteiger partial charge is 0.325 e. The number of carbonyl (C=O) groups excluding carboxylic acids is 1. The second kappa shape index (κ2) is 12.3. The maximum Gasteiger partial charge on any atom is 0.224 e. The average Bonchev–Trinajstić information content (AvgIpc) is 3.68. The summed E-state index contributed by atoms with van der Waals surface area (Å²) in [6.07, 6.45) is 12.3. The Morgan fingerprint density at radius 3 is 2.68 bits per heavy atom. The Hall–Kier alpha value is -5.01. The summed E-state index contributed by atoms with van der Waals surface area (Å²) in [6, 6.07) is 13.4. The summed E-state index contributed by atoms with van der Waals surface area (Å²) >= 11 is 0. The van der Waals surface area contributed by atoms with Crippen LogP contribution >= 0.6 is 0 Å². The maximum absolute atomic E-state index is 14.7. The number of aromatic nitrogens is 6. The first-order valence-corrected chi connectivity index (χ1v) is 17.4. The predicted octanol–water partition coefficient (Wildman–Crippen LogP) is 6.28. The molecular formula is C34H33FN8O3S. The number of nitrogens with zero attached hydrogens (tertiary/aromatic N) is 4. The van der Waals surface area contributed by atoms with Gasteiger partial charge in [0.1, 0.15) is 22.4 Å². The van der Waals surface area contributed by atoms with Gasteiger partial charge in [-0.05, 0) is 77.9 Å². The molecule has 1 amide bonds. The molecule has 1 atom stereocenters. The number of nitrogens with two attached hydrogens (primary N) is 1. The van der Waals surface area contributed by atoms with Crippen molar-refractivity contribution in [1.29, 1.82) is 0 Å². The van der Waals surface area contributed by atoms with Crippen LogP contribution in [0.1, 0.15) is 49.5 Å². The molecule has 4 aromatic heterocycles. The standard InChI is InChI=1S/C34H33FN8O3S/c1-47(45,46)32(36)22-12-21(13-24(35)14-22)26-9-10-38-33-30(26)40-34(41-33)31-27-16-20(7-8-28(27)42-43-31)23-15-25(18-37-17-23)39-29(44)11-19-5-3-2-4-6-19/h7-10,12-19,32H,2-6,11,36H2,1H3,(H,39,44)(H,42,43)(H,38,40,41). The van der Waals surface area contributed by atoms with Crippen molar-refractivity contribution in [3.05, 3.63) is 78.5 Å². The number of aromatic amines is 2. The van der Waals surface area contributed by atoms with Gasteiger partial charge >= 0.3 is 0 Å². The Kier molecular flexibility index (Phi) is 8.02. The van der Waals surface area contributed by atoms with Crippen molar-refractivity contribution in [2.75, 3.05) is 11.6 Å². The topological polar surface area (TPSA) is 172 Å². The molecule has 240 valence electrons. The van der Waals surface area contributed by atoms with E-state index in [9.17, 15) is 17.6 Å². The highest BCUT2D eigenvalue weighted by Gasteiger charge is 2.22. The Labute approximate surface area is 270 Å². The highest BCUT2D eigenvalue weighted by molar-refractivity contribution is 7.90. The van der Waals surface area contributed by atoms with Crippen molar-refractivity contribution in [2.24, 2.45) is 11.7 Å². The molecule has 0 bridgehead atoms. The first kappa shape index (κ1) is 30.6. The fourth-order valence-corrected chi connectivity index (χ4v) is 6.97. The van der Waals surface area contributed by atoms with Gasteiger partial charge in [-0.3, -0.25) is 14.9 Å². The van der Waals surface area contributed by atoms with Crippen molar-refractivity contribution in [3.8, 4) is 33.8 Å². The van der Waals surface area contributed by atoms with Crippen LogP contribution in [0, 0.1) is 11.7 Å². The van der Waals surface area contributed by atoms with Crippen molar-refractivity contribution in [2.45, 2.75) is 43.9 Å². The van der Waals surface area contributed by atoms with E-state index in [1.54, 1.807) is 30.7 Å². The third kappa shape index (κ3) is 6.36. The van der Waals surface area contributed by atoms with E-state index in [1.807, 2.05) is 24.3 Å². The zero-order valence-corrected chi connectivity index (χ0v) is 26.4. The van der Waals surface area contributed by atoms with E-state index in [1.165, 1.54) is 25.3 Å². The number of imidazole rings is 1. The van der Waals surface area contributed by atoms with E-state index >= 15 is 0 Å². The molecule has 4 heterocycles. The zero-order chi connectivity index (χ0) is 32.7. The molecule has 7 rings (SSSR count). The third-order valence-corrected chi connectivity index (χ3v) is 9.94. The molecule has 1 fully saturated rings. The van der Waals surface area contributed by atoms with Crippen LogP contribution in [0.25, 0.3) is 55.8 Å². The van der Waals surface area contributed by atoms with Gasteiger partial charge in [-0.2, -0.15) is 5.10 Å². The van der Waals surface area contributed by atoms with Crippen molar-refractivity contribution in [1.82, 2.24) is 30.1 Å². The van der Waals surface area contributed by atoms with E-state index < -0.39 is 21.0 Å². The molecule has 0 radical (unpaired) electrons. The highest BCUT2D eigenvalue weighted by atomic mass is 32.2. The maximum atomic E-state index is 14.7. The van der Waals surface area contributed by atoms with E-state index in [2.05, 4.69) is 30.5 Å². The zero-order valence-electron chi connectivity index (χ0n) is 25.6. The molecule has 0 saturated heterocycles. The Bertz CT molecular complexity index is 2240. The summed E-state index contributed by atoms with van der Waals surface area (Å²) in [5.74, 6) is 0.269. The van der Waals surface area contributed by atoms with Crippen molar-refractivity contribution in [3.63, 3.8) is 0 Å². The van der Waals surface area contributed by atoms with Crippen molar-refractivity contribution < 1.29 is 17.6 Å². The summed E-state index contributed by atoms with van der Waals surface area (Å²) in [6.45, 7) is 0. The van der Waals surface area contributed by atoms with Gasteiger partial charge in [-0.15, -0.1) is 0 Å². The number of rotatable bonds is 8. The van der Waals surface area contributed by atoms with Crippen LogP contribution in [0.4, 0.5) is 10.1 Å². The predicted molar refractivity (Wildman–Crippen MR) is 179 cm³/mol. The number of fused-ring (bicyclic) bond motifs is 2. The molecule has 6 aromatic rings. The van der Waals surface area contributed by atoms with Crippen LogP contribution in [-0.4, -0.2) is 50.7 Å². The Morgan fingerprint density at radius 1 is 1.04 bits per heavy atom. The molecular weight excluding hydrogens is 619 g/mol.